The van der Waals surface area contributed by atoms with Gasteiger partial charge in [0.05, 0.1) is 4.88 Å². The summed E-state index contributed by atoms with van der Waals surface area (Å²) in [4.78, 5) is 25.2. The molecule has 0 bridgehead atoms. The van der Waals surface area contributed by atoms with E-state index in [2.05, 4.69) is 17.4 Å². The fourth-order valence-corrected chi connectivity index (χ4v) is 3.59. The van der Waals surface area contributed by atoms with E-state index in [9.17, 15) is 9.59 Å². The maximum absolute atomic E-state index is 12.5. The number of allylic oxidation sites excluding steroid dienone is 1. The molecule has 0 saturated carbocycles. The van der Waals surface area contributed by atoms with Crippen molar-refractivity contribution in [3.8, 4) is 0 Å². The van der Waals surface area contributed by atoms with Gasteiger partial charge in [0.1, 0.15) is 0 Å². The monoisotopic (exact) mass is 383 g/mol. The van der Waals surface area contributed by atoms with Gasteiger partial charge in [0, 0.05) is 11.3 Å². The topological polar surface area (TPSA) is 46.2 Å². The molecule has 3 aromatic carbocycles. The lowest BCUT2D eigenvalue weighted by molar-refractivity contribution is 0.102. The summed E-state index contributed by atoms with van der Waals surface area (Å²) < 4.78 is 0. The third-order valence-electron chi connectivity index (χ3n) is 4.41. The van der Waals surface area contributed by atoms with Crippen LogP contribution in [0.1, 0.15) is 25.6 Å². The standard InChI is InChI=1S/C24H17NO2S/c26-22(15-12-18-7-3-6-17-5-1-2-8-21(17)18)19-10-13-20(14-11-19)25-24(27)23-9-4-16-28-23/h1-16H,(H,25,27)/b15-12+. The van der Waals surface area contributed by atoms with Gasteiger partial charge in [-0.15, -0.1) is 11.3 Å². The van der Waals surface area contributed by atoms with E-state index in [1.807, 2.05) is 47.9 Å². The molecule has 1 aromatic heterocycles. The van der Waals surface area contributed by atoms with E-state index >= 15 is 0 Å². The normalized spacial score (nSPS) is 11.0. The number of amides is 1. The summed E-state index contributed by atoms with van der Waals surface area (Å²) in [6, 6.07) is 24.7. The van der Waals surface area contributed by atoms with E-state index in [4.69, 9.17) is 0 Å². The zero-order valence-electron chi connectivity index (χ0n) is 15.0. The first-order valence-electron chi connectivity index (χ1n) is 8.86. The molecule has 1 heterocycles. The molecule has 0 radical (unpaired) electrons. The lowest BCUT2D eigenvalue weighted by atomic mass is 10.0. The summed E-state index contributed by atoms with van der Waals surface area (Å²) in [5, 5.41) is 6.94. The van der Waals surface area contributed by atoms with Crippen molar-refractivity contribution in [3.63, 3.8) is 0 Å². The number of anilines is 1. The van der Waals surface area contributed by atoms with E-state index in [1.54, 1.807) is 36.4 Å². The van der Waals surface area contributed by atoms with Crippen LogP contribution in [0.4, 0.5) is 5.69 Å². The largest absolute Gasteiger partial charge is 0.321 e. The maximum Gasteiger partial charge on any atom is 0.265 e. The Morgan fingerprint density at radius 3 is 2.39 bits per heavy atom. The second-order valence-electron chi connectivity index (χ2n) is 6.27. The Morgan fingerprint density at radius 1 is 0.821 bits per heavy atom. The van der Waals surface area contributed by atoms with Gasteiger partial charge in [0.25, 0.3) is 5.91 Å². The van der Waals surface area contributed by atoms with Gasteiger partial charge in [0.2, 0.25) is 0 Å². The smallest absolute Gasteiger partial charge is 0.265 e. The Labute approximate surface area is 167 Å². The van der Waals surface area contributed by atoms with Crippen LogP contribution < -0.4 is 5.32 Å². The highest BCUT2D eigenvalue weighted by Gasteiger charge is 2.08. The Bertz CT molecular complexity index is 1150. The summed E-state index contributed by atoms with van der Waals surface area (Å²) in [6.07, 6.45) is 3.43. The number of rotatable bonds is 5. The predicted octanol–water partition coefficient (Wildman–Crippen LogP) is 6.05. The number of benzene rings is 3. The van der Waals surface area contributed by atoms with Crippen molar-refractivity contribution >= 4 is 45.6 Å². The van der Waals surface area contributed by atoms with Crippen molar-refractivity contribution in [1.29, 1.82) is 0 Å². The van der Waals surface area contributed by atoms with Crippen LogP contribution in [-0.4, -0.2) is 11.7 Å². The quantitative estimate of drug-likeness (QED) is 0.337. The molecule has 0 saturated heterocycles. The number of ketones is 1. The molecule has 1 N–H and O–H groups in total. The van der Waals surface area contributed by atoms with Crippen LogP contribution in [0.5, 0.6) is 0 Å². The average Bonchev–Trinajstić information content (AvgIpc) is 3.27. The van der Waals surface area contributed by atoms with E-state index in [0.717, 1.165) is 16.3 Å². The molecule has 0 unspecified atom stereocenters. The van der Waals surface area contributed by atoms with Crippen LogP contribution in [0.25, 0.3) is 16.8 Å². The zero-order chi connectivity index (χ0) is 19.3. The van der Waals surface area contributed by atoms with Crippen LogP contribution in [0, 0.1) is 0 Å². The van der Waals surface area contributed by atoms with E-state index in [0.29, 0.717) is 16.1 Å². The number of hydrogen-bond donors (Lipinski definition) is 1. The molecule has 136 valence electrons. The SMILES string of the molecule is O=C(/C=C/c1cccc2ccccc12)c1ccc(NC(=O)c2cccs2)cc1. The van der Waals surface area contributed by atoms with Crippen molar-refractivity contribution in [3.05, 3.63) is 106 Å². The second-order valence-corrected chi connectivity index (χ2v) is 7.22. The van der Waals surface area contributed by atoms with E-state index < -0.39 is 0 Å². The molecule has 0 fully saturated rings. The van der Waals surface area contributed by atoms with Gasteiger partial charge in [-0.05, 0) is 58.1 Å². The molecule has 0 atom stereocenters. The van der Waals surface area contributed by atoms with Crippen LogP contribution >= 0.6 is 11.3 Å². The van der Waals surface area contributed by atoms with Gasteiger partial charge >= 0.3 is 0 Å². The second kappa shape index (κ2) is 8.03. The molecule has 28 heavy (non-hydrogen) atoms. The number of hydrogen-bond acceptors (Lipinski definition) is 3. The van der Waals surface area contributed by atoms with Crippen LogP contribution in [-0.2, 0) is 0 Å². The molecule has 4 rings (SSSR count). The zero-order valence-corrected chi connectivity index (χ0v) is 15.8. The Hall–Kier alpha value is -3.50. The highest BCUT2D eigenvalue weighted by atomic mass is 32.1. The van der Waals surface area contributed by atoms with Crippen molar-refractivity contribution in [1.82, 2.24) is 0 Å². The van der Waals surface area contributed by atoms with Crippen molar-refractivity contribution in [2.24, 2.45) is 0 Å². The summed E-state index contributed by atoms with van der Waals surface area (Å²) in [7, 11) is 0. The van der Waals surface area contributed by atoms with Crippen molar-refractivity contribution < 1.29 is 9.59 Å². The van der Waals surface area contributed by atoms with Gasteiger partial charge in [-0.2, -0.15) is 0 Å². The lowest BCUT2D eigenvalue weighted by Gasteiger charge is -2.04. The number of carbonyl (C=O) groups excluding carboxylic acids is 2. The first-order valence-corrected chi connectivity index (χ1v) is 9.74. The Kier molecular flexibility index (Phi) is 5.13. The third kappa shape index (κ3) is 3.92. The molecular weight excluding hydrogens is 366 g/mol. The van der Waals surface area contributed by atoms with Crippen LogP contribution in [0.3, 0.4) is 0 Å². The fraction of sp³-hybridized carbons (Fsp3) is 0. The molecule has 4 aromatic rings. The van der Waals surface area contributed by atoms with E-state index in [-0.39, 0.29) is 11.7 Å². The van der Waals surface area contributed by atoms with Gasteiger partial charge in [0.15, 0.2) is 5.78 Å². The third-order valence-corrected chi connectivity index (χ3v) is 5.28. The molecule has 0 aliphatic rings. The molecule has 0 aliphatic carbocycles. The molecular formula is C24H17NO2S. The Balaban J connectivity index is 1.47. The molecule has 4 heteroatoms. The highest BCUT2D eigenvalue weighted by Crippen LogP contribution is 2.20. The average molecular weight is 383 g/mol. The number of carbonyl (C=O) groups is 2. The molecule has 0 aliphatic heterocycles. The van der Waals surface area contributed by atoms with Gasteiger partial charge in [-0.1, -0.05) is 54.6 Å². The first-order chi connectivity index (χ1) is 13.7. The Morgan fingerprint density at radius 2 is 1.61 bits per heavy atom. The van der Waals surface area contributed by atoms with Gasteiger partial charge in [-0.3, -0.25) is 9.59 Å². The van der Waals surface area contributed by atoms with Gasteiger partial charge in [-0.25, -0.2) is 0 Å². The number of thiophene rings is 1. The van der Waals surface area contributed by atoms with Gasteiger partial charge < -0.3 is 5.32 Å². The van der Waals surface area contributed by atoms with Crippen molar-refractivity contribution in [2.45, 2.75) is 0 Å². The number of nitrogens with one attached hydrogen (secondary N) is 1. The van der Waals surface area contributed by atoms with Crippen molar-refractivity contribution in [2.75, 3.05) is 5.32 Å². The number of fused-ring (bicyclic) bond motifs is 1. The lowest BCUT2D eigenvalue weighted by Crippen LogP contribution is -2.10. The summed E-state index contributed by atoms with van der Waals surface area (Å²) in [6.45, 7) is 0. The molecule has 0 spiro atoms. The minimum absolute atomic E-state index is 0.0796. The minimum atomic E-state index is -0.148. The molecule has 3 nitrogen and oxygen atoms in total. The first kappa shape index (κ1) is 17.9. The van der Waals surface area contributed by atoms with Crippen LogP contribution in [0.2, 0.25) is 0 Å². The summed E-state index contributed by atoms with van der Waals surface area (Å²) >= 11 is 1.39. The predicted molar refractivity (Wildman–Crippen MR) is 116 cm³/mol. The minimum Gasteiger partial charge on any atom is -0.321 e. The molecule has 1 amide bonds. The maximum atomic E-state index is 12.5. The fourth-order valence-electron chi connectivity index (χ4n) is 2.98. The highest BCUT2D eigenvalue weighted by molar-refractivity contribution is 7.12. The summed E-state index contributed by atoms with van der Waals surface area (Å²) in [5.74, 6) is -0.228. The van der Waals surface area contributed by atoms with Crippen LogP contribution in [0.15, 0.2) is 90.3 Å². The summed E-state index contributed by atoms with van der Waals surface area (Å²) in [5.41, 5.74) is 2.24. The van der Waals surface area contributed by atoms with E-state index in [1.165, 1.54) is 11.3 Å².